The van der Waals surface area contributed by atoms with Gasteiger partial charge in [-0.2, -0.15) is 0 Å². The van der Waals surface area contributed by atoms with Crippen molar-refractivity contribution >= 4 is 5.91 Å². The zero-order chi connectivity index (χ0) is 34.5. The third-order valence-corrected chi connectivity index (χ3v) is 9.83. The van der Waals surface area contributed by atoms with Gasteiger partial charge in [0, 0.05) is 0 Å². The average molecular weight is 666 g/mol. The van der Waals surface area contributed by atoms with Gasteiger partial charge in [-0.25, -0.2) is 0 Å². The van der Waals surface area contributed by atoms with Crippen LogP contribution in [0.2, 0.25) is 0 Å². The normalized spacial score (nSPS) is 13.7. The molecule has 0 heterocycles. The summed E-state index contributed by atoms with van der Waals surface area (Å²) in [6.07, 6.45) is 43.2. The molecule has 5 heteroatoms. The largest absolute Gasteiger partial charge is 0.394 e. The van der Waals surface area contributed by atoms with E-state index < -0.39 is 18.2 Å². The molecule has 0 saturated carbocycles. The molecule has 1 amide bonds. The Bertz CT molecular complexity index is 655. The molecule has 0 aromatic rings. The third-order valence-electron chi connectivity index (χ3n) is 9.83. The second kappa shape index (κ2) is 37.9. The topological polar surface area (TPSA) is 89.8 Å². The Morgan fingerprint density at radius 1 is 0.511 bits per heavy atom. The quantitative estimate of drug-likeness (QED) is 0.0390. The average Bonchev–Trinajstić information content (AvgIpc) is 3.06. The van der Waals surface area contributed by atoms with Crippen molar-refractivity contribution in [1.29, 1.82) is 0 Å². The lowest BCUT2D eigenvalue weighted by molar-refractivity contribution is -0.125. The summed E-state index contributed by atoms with van der Waals surface area (Å²) in [5, 5.41) is 33.3. The van der Waals surface area contributed by atoms with Crippen LogP contribution in [-0.2, 0) is 4.79 Å². The maximum atomic E-state index is 12.4. The van der Waals surface area contributed by atoms with E-state index in [4.69, 9.17) is 0 Å². The second-order valence-electron chi connectivity index (χ2n) is 14.6. The van der Waals surface area contributed by atoms with E-state index in [-0.39, 0.29) is 18.9 Å². The Balaban J connectivity index is 3.60. The van der Waals surface area contributed by atoms with Crippen molar-refractivity contribution in [3.8, 4) is 0 Å². The van der Waals surface area contributed by atoms with Crippen molar-refractivity contribution < 1.29 is 20.1 Å². The molecular weight excluding hydrogens is 582 g/mol. The molecule has 0 fully saturated rings. The summed E-state index contributed by atoms with van der Waals surface area (Å²) in [5.74, 6) is -0.287. The van der Waals surface area contributed by atoms with Gasteiger partial charge < -0.3 is 20.6 Å². The van der Waals surface area contributed by atoms with Crippen LogP contribution >= 0.6 is 0 Å². The van der Waals surface area contributed by atoms with Crippen LogP contribution in [0.25, 0.3) is 0 Å². The van der Waals surface area contributed by atoms with Crippen LogP contribution in [0.5, 0.6) is 0 Å². The molecule has 0 aromatic heterocycles. The van der Waals surface area contributed by atoms with E-state index in [1.807, 2.05) is 0 Å². The number of allylic oxidation sites excluding steroid dienone is 2. The molecule has 3 unspecified atom stereocenters. The number of nitrogens with one attached hydrogen (secondary N) is 1. The zero-order valence-electron chi connectivity index (χ0n) is 31.7. The first-order valence-electron chi connectivity index (χ1n) is 21.0. The van der Waals surface area contributed by atoms with E-state index in [9.17, 15) is 20.1 Å². The Morgan fingerprint density at radius 2 is 0.851 bits per heavy atom. The molecule has 0 bridgehead atoms. The zero-order valence-corrected chi connectivity index (χ0v) is 31.7. The highest BCUT2D eigenvalue weighted by atomic mass is 16.3. The first kappa shape index (κ1) is 46.1. The van der Waals surface area contributed by atoms with Gasteiger partial charge in [0.05, 0.1) is 31.3 Å². The van der Waals surface area contributed by atoms with E-state index in [2.05, 4.69) is 31.3 Å². The molecule has 0 spiro atoms. The fourth-order valence-corrected chi connectivity index (χ4v) is 6.58. The van der Waals surface area contributed by atoms with E-state index in [0.717, 1.165) is 32.1 Å². The van der Waals surface area contributed by atoms with Gasteiger partial charge in [-0.15, -0.1) is 0 Å². The summed E-state index contributed by atoms with van der Waals surface area (Å²) in [6, 6.07) is -0.656. The number of rotatable bonds is 38. The van der Waals surface area contributed by atoms with Crippen molar-refractivity contribution in [3.05, 3.63) is 12.2 Å². The Hall–Kier alpha value is -0.910. The molecule has 0 aliphatic carbocycles. The van der Waals surface area contributed by atoms with Gasteiger partial charge in [0.15, 0.2) is 0 Å². The molecule has 3 atom stereocenters. The Kier molecular flexibility index (Phi) is 37.2. The highest BCUT2D eigenvalue weighted by molar-refractivity contribution is 5.76. The lowest BCUT2D eigenvalue weighted by Crippen LogP contribution is -2.46. The number of carbonyl (C=O) groups is 1. The maximum Gasteiger partial charge on any atom is 0.222 e. The molecule has 47 heavy (non-hydrogen) atoms. The number of aliphatic hydroxyl groups excluding tert-OH is 3. The lowest BCUT2D eigenvalue weighted by atomic mass is 10.0. The van der Waals surface area contributed by atoms with Crippen molar-refractivity contribution in [2.45, 2.75) is 244 Å². The first-order chi connectivity index (χ1) is 23.0. The predicted octanol–water partition coefficient (Wildman–Crippen LogP) is 11.7. The fraction of sp³-hybridized carbons (Fsp3) is 0.929. The minimum absolute atomic E-state index is 0.0334. The van der Waals surface area contributed by atoms with Crippen LogP contribution in [-0.4, -0.2) is 46.1 Å². The molecular formula is C42H83NO4. The van der Waals surface area contributed by atoms with Gasteiger partial charge in [0.25, 0.3) is 0 Å². The predicted molar refractivity (Wildman–Crippen MR) is 204 cm³/mol. The van der Waals surface area contributed by atoms with Crippen molar-refractivity contribution in [2.75, 3.05) is 6.61 Å². The molecule has 0 aromatic carbocycles. The third kappa shape index (κ3) is 34.7. The van der Waals surface area contributed by atoms with Gasteiger partial charge >= 0.3 is 0 Å². The number of amides is 1. The minimum Gasteiger partial charge on any atom is -0.394 e. The molecule has 0 aliphatic rings. The van der Waals surface area contributed by atoms with E-state index in [0.29, 0.717) is 12.8 Å². The van der Waals surface area contributed by atoms with Crippen molar-refractivity contribution in [2.24, 2.45) is 0 Å². The Labute approximate surface area is 293 Å². The van der Waals surface area contributed by atoms with Crippen molar-refractivity contribution in [1.82, 2.24) is 5.32 Å². The molecule has 0 rings (SSSR count). The summed E-state index contributed by atoms with van der Waals surface area (Å²) >= 11 is 0. The maximum absolute atomic E-state index is 12.4. The SMILES string of the molecule is CCCCCCCCCCCCCC/C=C\CCCCCCCC(O)CC(=O)NC(CO)C(O)CCCCCCCCCCCCC. The van der Waals surface area contributed by atoms with Crippen LogP contribution in [0, 0.1) is 0 Å². The first-order valence-corrected chi connectivity index (χ1v) is 21.0. The number of carbonyl (C=O) groups excluding carboxylic acids is 1. The molecule has 0 saturated heterocycles. The van der Waals surface area contributed by atoms with Gasteiger partial charge in [-0.1, -0.05) is 193 Å². The molecule has 280 valence electrons. The monoisotopic (exact) mass is 666 g/mol. The molecule has 0 aliphatic heterocycles. The van der Waals surface area contributed by atoms with Crippen LogP contribution in [0.1, 0.15) is 226 Å². The number of aliphatic hydroxyl groups is 3. The van der Waals surface area contributed by atoms with Gasteiger partial charge in [0.2, 0.25) is 5.91 Å². The highest BCUT2D eigenvalue weighted by Gasteiger charge is 2.21. The fourth-order valence-electron chi connectivity index (χ4n) is 6.58. The van der Waals surface area contributed by atoms with Gasteiger partial charge in [-0.05, 0) is 38.5 Å². The van der Waals surface area contributed by atoms with E-state index >= 15 is 0 Å². The standard InChI is InChI=1S/C42H83NO4/c1-3-5-7-9-11-13-15-16-17-18-19-20-21-22-23-24-26-27-29-31-33-35-39(45)37-42(47)43-40(38-44)41(46)36-34-32-30-28-25-14-12-10-8-6-4-2/h22-23,39-41,44-46H,3-21,24-38H2,1-2H3,(H,43,47)/b23-22-. The summed E-state index contributed by atoms with van der Waals surface area (Å²) in [5.41, 5.74) is 0. The van der Waals surface area contributed by atoms with Crippen LogP contribution in [0.15, 0.2) is 12.2 Å². The van der Waals surface area contributed by atoms with Crippen LogP contribution in [0.4, 0.5) is 0 Å². The second-order valence-corrected chi connectivity index (χ2v) is 14.6. The number of unbranched alkanes of at least 4 members (excludes halogenated alkanes) is 27. The van der Waals surface area contributed by atoms with Crippen LogP contribution in [0.3, 0.4) is 0 Å². The van der Waals surface area contributed by atoms with E-state index in [1.54, 1.807) is 0 Å². The van der Waals surface area contributed by atoms with Gasteiger partial charge in [0.1, 0.15) is 0 Å². The summed E-state index contributed by atoms with van der Waals surface area (Å²) in [4.78, 5) is 12.4. The Morgan fingerprint density at radius 3 is 1.23 bits per heavy atom. The smallest absolute Gasteiger partial charge is 0.222 e. The molecule has 5 nitrogen and oxygen atoms in total. The molecule has 0 radical (unpaired) electrons. The summed E-state index contributed by atoms with van der Waals surface area (Å²) in [6.45, 7) is 4.25. The summed E-state index contributed by atoms with van der Waals surface area (Å²) < 4.78 is 0. The van der Waals surface area contributed by atoms with Crippen molar-refractivity contribution in [3.63, 3.8) is 0 Å². The van der Waals surface area contributed by atoms with Gasteiger partial charge in [-0.3, -0.25) is 4.79 Å². The minimum atomic E-state index is -0.746. The number of hydrogen-bond donors (Lipinski definition) is 4. The van der Waals surface area contributed by atoms with Crippen LogP contribution < -0.4 is 5.32 Å². The van der Waals surface area contributed by atoms with E-state index in [1.165, 1.54) is 161 Å². The number of hydrogen-bond acceptors (Lipinski definition) is 4. The molecule has 4 N–H and O–H groups in total. The lowest BCUT2D eigenvalue weighted by Gasteiger charge is -2.23. The highest BCUT2D eigenvalue weighted by Crippen LogP contribution is 2.16. The summed E-state index contributed by atoms with van der Waals surface area (Å²) in [7, 11) is 0.